The average molecular weight is 410 g/mol. The quantitative estimate of drug-likeness (QED) is 0.516. The minimum absolute atomic E-state index is 0.154. The molecule has 0 aliphatic heterocycles. The number of benzene rings is 2. The lowest BCUT2D eigenvalue weighted by Crippen LogP contribution is -2.14. The van der Waals surface area contributed by atoms with Crippen LogP contribution < -0.4 is 5.43 Å². The Hall–Kier alpha value is -3.59. The van der Waals surface area contributed by atoms with Crippen LogP contribution in [0.2, 0.25) is 0 Å². The minimum Gasteiger partial charge on any atom is -0.287 e. The van der Waals surface area contributed by atoms with Crippen molar-refractivity contribution in [1.82, 2.24) is 19.6 Å². The molecule has 0 N–H and O–H groups in total. The van der Waals surface area contributed by atoms with Crippen molar-refractivity contribution in [2.45, 2.75) is 4.90 Å². The van der Waals surface area contributed by atoms with Gasteiger partial charge in [-0.05, 0) is 54.6 Å². The Morgan fingerprint density at radius 1 is 0.897 bits per heavy atom. The molecule has 0 saturated carbocycles. The summed E-state index contributed by atoms with van der Waals surface area (Å²) in [6.07, 6.45) is 4.16. The first-order valence-corrected chi connectivity index (χ1v) is 10.4. The second-order valence-corrected chi connectivity index (χ2v) is 8.36. The summed E-state index contributed by atoms with van der Waals surface area (Å²) < 4.78 is 39.5. The molecule has 0 radical (unpaired) electrons. The monoisotopic (exact) mass is 410 g/mol. The van der Waals surface area contributed by atoms with Gasteiger partial charge in [0.2, 0.25) is 5.43 Å². The zero-order valence-corrected chi connectivity index (χ0v) is 16.0. The number of sulfone groups is 1. The summed E-state index contributed by atoms with van der Waals surface area (Å²) >= 11 is 0. The Labute approximate surface area is 165 Å². The van der Waals surface area contributed by atoms with Crippen LogP contribution in [0.15, 0.2) is 82.7 Å². The smallest absolute Gasteiger partial charge is 0.209 e. The third kappa shape index (κ3) is 3.72. The molecule has 0 atom stereocenters. The van der Waals surface area contributed by atoms with Gasteiger partial charge in [0.05, 0.1) is 28.2 Å². The normalized spacial score (nSPS) is 11.5. The van der Waals surface area contributed by atoms with Crippen LogP contribution in [0.4, 0.5) is 4.39 Å². The fourth-order valence-electron chi connectivity index (χ4n) is 2.85. The molecule has 2 heterocycles. The van der Waals surface area contributed by atoms with Crippen LogP contribution in [0.5, 0.6) is 0 Å². The number of hydrogen-bond acceptors (Lipinski definition) is 5. The van der Waals surface area contributed by atoms with Gasteiger partial charge >= 0.3 is 0 Å². The molecule has 9 heteroatoms. The van der Waals surface area contributed by atoms with Gasteiger partial charge in [-0.1, -0.05) is 0 Å². The van der Waals surface area contributed by atoms with E-state index >= 15 is 0 Å². The summed E-state index contributed by atoms with van der Waals surface area (Å²) in [7, 11) is -3.31. The third-order valence-electron chi connectivity index (χ3n) is 4.29. The van der Waals surface area contributed by atoms with E-state index in [2.05, 4.69) is 10.2 Å². The standard InChI is InChI=1S/C20H15FN4O3S/c1-29(27,28)17-8-6-15(7-9-17)24-13-11-19(26)20(23-24)18-10-12-22-25(18)16-4-2-14(21)3-5-16/h2-13H,1H3. The van der Waals surface area contributed by atoms with Crippen molar-refractivity contribution >= 4 is 9.84 Å². The SMILES string of the molecule is CS(=O)(=O)c1ccc(-n2ccc(=O)c(-c3ccnn3-c3ccc(F)cc3)n2)cc1. The lowest BCUT2D eigenvalue weighted by atomic mass is 10.2. The van der Waals surface area contributed by atoms with Crippen molar-refractivity contribution in [1.29, 1.82) is 0 Å². The van der Waals surface area contributed by atoms with E-state index in [1.54, 1.807) is 30.3 Å². The number of rotatable bonds is 4. The van der Waals surface area contributed by atoms with Gasteiger partial charge in [-0.15, -0.1) is 0 Å². The number of aromatic nitrogens is 4. The molecule has 0 saturated heterocycles. The van der Waals surface area contributed by atoms with E-state index in [1.807, 2.05) is 0 Å². The second-order valence-electron chi connectivity index (χ2n) is 6.34. The predicted molar refractivity (Wildman–Crippen MR) is 105 cm³/mol. The van der Waals surface area contributed by atoms with Crippen LogP contribution >= 0.6 is 0 Å². The van der Waals surface area contributed by atoms with E-state index in [-0.39, 0.29) is 21.8 Å². The van der Waals surface area contributed by atoms with Gasteiger partial charge in [-0.3, -0.25) is 4.79 Å². The van der Waals surface area contributed by atoms with Crippen LogP contribution in [0.1, 0.15) is 0 Å². The average Bonchev–Trinajstić information content (AvgIpc) is 3.18. The van der Waals surface area contributed by atoms with Gasteiger partial charge < -0.3 is 0 Å². The predicted octanol–water partition coefficient (Wildman–Crippen LogP) is 2.63. The Morgan fingerprint density at radius 2 is 1.55 bits per heavy atom. The van der Waals surface area contributed by atoms with Crippen LogP contribution in [0, 0.1) is 5.82 Å². The van der Waals surface area contributed by atoms with Crippen LogP contribution in [-0.4, -0.2) is 34.2 Å². The molecule has 0 amide bonds. The number of nitrogens with zero attached hydrogens (tertiary/aromatic N) is 4. The molecule has 2 aromatic heterocycles. The van der Waals surface area contributed by atoms with Gasteiger partial charge in [-0.2, -0.15) is 10.2 Å². The maximum atomic E-state index is 13.2. The van der Waals surface area contributed by atoms with Gasteiger partial charge in [0.25, 0.3) is 0 Å². The van der Waals surface area contributed by atoms with Gasteiger partial charge in [0.1, 0.15) is 5.82 Å². The van der Waals surface area contributed by atoms with E-state index < -0.39 is 9.84 Å². The maximum Gasteiger partial charge on any atom is 0.209 e. The first kappa shape index (κ1) is 18.8. The van der Waals surface area contributed by atoms with E-state index in [9.17, 15) is 17.6 Å². The first-order chi connectivity index (χ1) is 13.8. The van der Waals surface area contributed by atoms with Crippen molar-refractivity contribution in [2.75, 3.05) is 6.26 Å². The molecule has 0 bridgehead atoms. The Balaban J connectivity index is 1.79. The van der Waals surface area contributed by atoms with Crippen molar-refractivity contribution in [2.24, 2.45) is 0 Å². The minimum atomic E-state index is -3.31. The zero-order valence-electron chi connectivity index (χ0n) is 15.2. The topological polar surface area (TPSA) is 86.9 Å². The van der Waals surface area contributed by atoms with E-state index in [4.69, 9.17) is 0 Å². The number of halogens is 1. The molecule has 0 unspecified atom stereocenters. The Morgan fingerprint density at radius 3 is 2.21 bits per heavy atom. The maximum absolute atomic E-state index is 13.2. The van der Waals surface area contributed by atoms with Gasteiger partial charge in [0.15, 0.2) is 15.5 Å². The first-order valence-electron chi connectivity index (χ1n) is 8.54. The molecular formula is C20H15FN4O3S. The van der Waals surface area contributed by atoms with Gasteiger partial charge in [0, 0.05) is 18.5 Å². The van der Waals surface area contributed by atoms with Gasteiger partial charge in [-0.25, -0.2) is 22.2 Å². The summed E-state index contributed by atoms with van der Waals surface area (Å²) in [6.45, 7) is 0. The highest BCUT2D eigenvalue weighted by molar-refractivity contribution is 7.90. The molecule has 4 aromatic rings. The fourth-order valence-corrected chi connectivity index (χ4v) is 3.48. The van der Waals surface area contributed by atoms with E-state index in [0.717, 1.165) is 6.26 Å². The molecule has 2 aromatic carbocycles. The molecule has 0 spiro atoms. The van der Waals surface area contributed by atoms with Crippen LogP contribution in [-0.2, 0) is 9.84 Å². The molecule has 0 aliphatic rings. The highest BCUT2D eigenvalue weighted by atomic mass is 32.2. The molecule has 7 nitrogen and oxygen atoms in total. The summed E-state index contributed by atoms with van der Waals surface area (Å²) in [5.74, 6) is -0.375. The Bertz CT molecular complexity index is 1340. The summed E-state index contributed by atoms with van der Waals surface area (Å²) in [5.41, 5.74) is 1.47. The van der Waals surface area contributed by atoms with Crippen molar-refractivity contribution in [3.63, 3.8) is 0 Å². The third-order valence-corrected chi connectivity index (χ3v) is 5.42. The molecule has 4 rings (SSSR count). The summed E-state index contributed by atoms with van der Waals surface area (Å²) in [5, 5.41) is 8.61. The lowest BCUT2D eigenvalue weighted by Gasteiger charge is -2.10. The fraction of sp³-hybridized carbons (Fsp3) is 0.0500. The molecular weight excluding hydrogens is 395 g/mol. The van der Waals surface area contributed by atoms with Crippen LogP contribution in [0.25, 0.3) is 22.8 Å². The molecule has 0 aliphatic carbocycles. The summed E-state index contributed by atoms with van der Waals surface area (Å²) in [6, 6.07) is 14.9. The number of hydrogen-bond donors (Lipinski definition) is 0. The lowest BCUT2D eigenvalue weighted by molar-refractivity contribution is 0.602. The largest absolute Gasteiger partial charge is 0.287 e. The van der Waals surface area contributed by atoms with Crippen LogP contribution in [0.3, 0.4) is 0 Å². The van der Waals surface area contributed by atoms with Crippen molar-refractivity contribution in [3.8, 4) is 22.8 Å². The molecule has 0 fully saturated rings. The Kier molecular flexibility index (Phi) is 4.59. The molecule has 29 heavy (non-hydrogen) atoms. The highest BCUT2D eigenvalue weighted by Crippen LogP contribution is 2.19. The van der Waals surface area contributed by atoms with E-state index in [1.165, 1.54) is 52.1 Å². The summed E-state index contributed by atoms with van der Waals surface area (Å²) in [4.78, 5) is 12.7. The second kappa shape index (κ2) is 7.10. The van der Waals surface area contributed by atoms with Crippen molar-refractivity contribution < 1.29 is 12.8 Å². The zero-order chi connectivity index (χ0) is 20.6. The highest BCUT2D eigenvalue weighted by Gasteiger charge is 2.14. The molecule has 146 valence electrons. The van der Waals surface area contributed by atoms with E-state index in [0.29, 0.717) is 17.1 Å². The van der Waals surface area contributed by atoms with Crippen molar-refractivity contribution in [3.05, 3.63) is 89.1 Å².